The van der Waals surface area contributed by atoms with Crippen molar-refractivity contribution in [3.05, 3.63) is 65.6 Å². The molecule has 22 heavy (non-hydrogen) atoms. The number of carboxylic acids is 1. The minimum absolute atomic E-state index is 0.273. The second-order valence-corrected chi connectivity index (χ2v) is 5.32. The van der Waals surface area contributed by atoms with E-state index in [0.717, 1.165) is 29.8 Å². The quantitative estimate of drug-likeness (QED) is 0.788. The van der Waals surface area contributed by atoms with Crippen LogP contribution in [0.25, 0.3) is 16.9 Å². The van der Waals surface area contributed by atoms with Gasteiger partial charge in [0.1, 0.15) is 0 Å². The molecule has 0 aliphatic heterocycles. The second kappa shape index (κ2) is 4.80. The third-order valence-corrected chi connectivity index (χ3v) is 4.03. The van der Waals surface area contributed by atoms with E-state index in [4.69, 9.17) is 5.11 Å². The predicted molar refractivity (Wildman–Crippen MR) is 81.2 cm³/mol. The number of fused-ring (bicyclic) bond motifs is 3. The van der Waals surface area contributed by atoms with Crippen LogP contribution in [0.2, 0.25) is 0 Å². The number of hydrogen-bond acceptors (Lipinski definition) is 3. The normalized spacial score (nSPS) is 12.5. The molecule has 1 aromatic carbocycles. The zero-order valence-electron chi connectivity index (χ0n) is 11.7. The summed E-state index contributed by atoms with van der Waals surface area (Å²) in [6, 6.07) is 8.78. The molecule has 0 saturated carbocycles. The number of rotatable bonds is 2. The van der Waals surface area contributed by atoms with Crippen molar-refractivity contribution in [3.8, 4) is 16.9 Å². The fourth-order valence-electron chi connectivity index (χ4n) is 2.92. The van der Waals surface area contributed by atoms with Crippen LogP contribution in [-0.4, -0.2) is 25.8 Å². The molecule has 0 bridgehead atoms. The zero-order valence-corrected chi connectivity index (χ0v) is 11.7. The van der Waals surface area contributed by atoms with E-state index < -0.39 is 5.97 Å². The van der Waals surface area contributed by atoms with Crippen LogP contribution in [0, 0.1) is 0 Å². The molecule has 108 valence electrons. The summed E-state index contributed by atoms with van der Waals surface area (Å²) >= 11 is 0. The van der Waals surface area contributed by atoms with E-state index in [1.807, 2.05) is 23.1 Å². The predicted octanol–water partition coefficient (Wildman–Crippen LogP) is 2.73. The lowest BCUT2D eigenvalue weighted by atomic mass is 9.92. The highest BCUT2D eigenvalue weighted by Crippen LogP contribution is 2.34. The molecule has 4 rings (SSSR count). The Morgan fingerprint density at radius 3 is 2.59 bits per heavy atom. The summed E-state index contributed by atoms with van der Waals surface area (Å²) in [7, 11) is 0. The fraction of sp³-hybridized carbons (Fsp3) is 0.118. The maximum absolute atomic E-state index is 11.0. The average Bonchev–Trinajstić information content (AvgIpc) is 2.99. The standard InChI is InChI=1S/C17H13N3O2/c21-17(22)11-3-5-14(6-4-11)20-16-13(10-19-20)2-1-12-9-18-8-7-15(12)16/h3-10H,1-2H2,(H,21,22). The van der Waals surface area contributed by atoms with E-state index in [-0.39, 0.29) is 5.56 Å². The molecular formula is C17H13N3O2. The van der Waals surface area contributed by atoms with E-state index in [1.54, 1.807) is 30.5 Å². The van der Waals surface area contributed by atoms with Crippen LogP contribution in [-0.2, 0) is 12.8 Å². The summed E-state index contributed by atoms with van der Waals surface area (Å²) < 4.78 is 1.87. The van der Waals surface area contributed by atoms with Gasteiger partial charge in [-0.05, 0) is 54.3 Å². The van der Waals surface area contributed by atoms with Crippen molar-refractivity contribution in [3.63, 3.8) is 0 Å². The number of hydrogen-bond donors (Lipinski definition) is 1. The van der Waals surface area contributed by atoms with E-state index in [2.05, 4.69) is 10.1 Å². The lowest BCUT2D eigenvalue weighted by molar-refractivity contribution is 0.0697. The first kappa shape index (κ1) is 12.8. The molecule has 2 heterocycles. The van der Waals surface area contributed by atoms with Crippen LogP contribution in [0.3, 0.4) is 0 Å². The molecule has 0 radical (unpaired) electrons. The molecule has 2 aromatic heterocycles. The molecule has 0 spiro atoms. The molecule has 0 fully saturated rings. The Morgan fingerprint density at radius 1 is 1.05 bits per heavy atom. The first-order valence-corrected chi connectivity index (χ1v) is 7.08. The highest BCUT2D eigenvalue weighted by molar-refractivity contribution is 5.87. The monoisotopic (exact) mass is 291 g/mol. The Kier molecular flexibility index (Phi) is 2.79. The summed E-state index contributed by atoms with van der Waals surface area (Å²) in [5, 5.41) is 13.5. The Morgan fingerprint density at radius 2 is 1.82 bits per heavy atom. The summed E-state index contributed by atoms with van der Waals surface area (Å²) in [6.45, 7) is 0. The van der Waals surface area contributed by atoms with Crippen molar-refractivity contribution < 1.29 is 9.90 Å². The molecule has 1 N–H and O–H groups in total. The van der Waals surface area contributed by atoms with Gasteiger partial charge in [-0.15, -0.1) is 0 Å². The van der Waals surface area contributed by atoms with Crippen LogP contribution in [0.15, 0.2) is 48.9 Å². The summed E-state index contributed by atoms with van der Waals surface area (Å²) in [6.07, 6.45) is 7.51. The Balaban J connectivity index is 1.86. The van der Waals surface area contributed by atoms with E-state index in [9.17, 15) is 4.79 Å². The van der Waals surface area contributed by atoms with Gasteiger partial charge in [0.05, 0.1) is 23.1 Å². The highest BCUT2D eigenvalue weighted by Gasteiger charge is 2.21. The Bertz CT molecular complexity index is 866. The van der Waals surface area contributed by atoms with Crippen LogP contribution >= 0.6 is 0 Å². The van der Waals surface area contributed by atoms with Crippen molar-refractivity contribution in [2.75, 3.05) is 0 Å². The van der Waals surface area contributed by atoms with Crippen LogP contribution in [0.1, 0.15) is 21.5 Å². The van der Waals surface area contributed by atoms with Crippen molar-refractivity contribution in [2.45, 2.75) is 12.8 Å². The van der Waals surface area contributed by atoms with Gasteiger partial charge in [-0.2, -0.15) is 5.10 Å². The molecular weight excluding hydrogens is 278 g/mol. The molecule has 5 heteroatoms. The first-order valence-electron chi connectivity index (χ1n) is 7.08. The van der Waals surface area contributed by atoms with Gasteiger partial charge in [0.2, 0.25) is 0 Å². The SMILES string of the molecule is O=C(O)c1ccc(-n2ncc3c2-c2ccncc2CC3)cc1. The topological polar surface area (TPSA) is 68.0 Å². The number of pyridine rings is 1. The van der Waals surface area contributed by atoms with E-state index in [0.29, 0.717) is 0 Å². The maximum atomic E-state index is 11.0. The molecule has 3 aromatic rings. The minimum atomic E-state index is -0.925. The van der Waals surface area contributed by atoms with Crippen molar-refractivity contribution >= 4 is 5.97 Å². The van der Waals surface area contributed by atoms with Crippen LogP contribution < -0.4 is 0 Å². The van der Waals surface area contributed by atoms with Crippen LogP contribution in [0.5, 0.6) is 0 Å². The largest absolute Gasteiger partial charge is 0.478 e. The van der Waals surface area contributed by atoms with Gasteiger partial charge >= 0.3 is 5.97 Å². The lowest BCUT2D eigenvalue weighted by Crippen LogP contribution is -2.07. The van der Waals surface area contributed by atoms with Gasteiger partial charge in [0.25, 0.3) is 0 Å². The summed E-state index contributed by atoms with van der Waals surface area (Å²) in [4.78, 5) is 15.2. The number of benzene rings is 1. The Hall–Kier alpha value is -2.95. The number of carbonyl (C=O) groups is 1. The number of aryl methyl sites for hydroxylation is 2. The first-order chi connectivity index (χ1) is 10.7. The zero-order chi connectivity index (χ0) is 15.1. The van der Waals surface area contributed by atoms with Crippen LogP contribution in [0.4, 0.5) is 0 Å². The molecule has 0 atom stereocenters. The maximum Gasteiger partial charge on any atom is 0.335 e. The van der Waals surface area contributed by atoms with Gasteiger partial charge in [-0.1, -0.05) is 0 Å². The summed E-state index contributed by atoms with van der Waals surface area (Å²) in [5.41, 5.74) is 5.79. The van der Waals surface area contributed by atoms with Gasteiger partial charge in [-0.25, -0.2) is 9.48 Å². The minimum Gasteiger partial charge on any atom is -0.478 e. The van der Waals surface area contributed by atoms with E-state index >= 15 is 0 Å². The molecule has 0 unspecified atom stereocenters. The third kappa shape index (κ3) is 1.90. The number of aromatic nitrogens is 3. The second-order valence-electron chi connectivity index (χ2n) is 5.32. The van der Waals surface area contributed by atoms with Gasteiger partial charge in [0.15, 0.2) is 0 Å². The van der Waals surface area contributed by atoms with Crippen molar-refractivity contribution in [2.24, 2.45) is 0 Å². The van der Waals surface area contributed by atoms with Gasteiger partial charge in [0, 0.05) is 18.0 Å². The smallest absolute Gasteiger partial charge is 0.335 e. The molecule has 5 nitrogen and oxygen atoms in total. The third-order valence-electron chi connectivity index (χ3n) is 4.03. The number of nitrogens with zero attached hydrogens (tertiary/aromatic N) is 3. The fourth-order valence-corrected chi connectivity index (χ4v) is 2.92. The Labute approximate surface area is 126 Å². The van der Waals surface area contributed by atoms with Gasteiger partial charge in [-0.3, -0.25) is 4.98 Å². The van der Waals surface area contributed by atoms with Gasteiger partial charge < -0.3 is 5.11 Å². The summed E-state index contributed by atoms with van der Waals surface area (Å²) in [5.74, 6) is -0.925. The number of carboxylic acid groups (broad SMARTS) is 1. The van der Waals surface area contributed by atoms with E-state index in [1.165, 1.54) is 11.1 Å². The van der Waals surface area contributed by atoms with Crippen molar-refractivity contribution in [1.29, 1.82) is 0 Å². The molecule has 0 amide bonds. The molecule has 1 aliphatic carbocycles. The molecule has 1 aliphatic rings. The highest BCUT2D eigenvalue weighted by atomic mass is 16.4. The lowest BCUT2D eigenvalue weighted by Gasteiger charge is -2.17. The van der Waals surface area contributed by atoms with Crippen molar-refractivity contribution in [1.82, 2.24) is 14.8 Å². The average molecular weight is 291 g/mol. The molecule has 0 saturated heterocycles. The number of aromatic carboxylic acids is 1.